The summed E-state index contributed by atoms with van der Waals surface area (Å²) < 4.78 is 16.5. The van der Waals surface area contributed by atoms with Crippen molar-refractivity contribution in [2.24, 2.45) is 5.18 Å². The Labute approximate surface area is 110 Å². The first-order chi connectivity index (χ1) is 8.60. The van der Waals surface area contributed by atoms with Gasteiger partial charge >= 0.3 is 0 Å². The van der Waals surface area contributed by atoms with Gasteiger partial charge in [0.2, 0.25) is 0 Å². The third-order valence-electron chi connectivity index (χ3n) is 2.41. The van der Waals surface area contributed by atoms with Crippen molar-refractivity contribution in [1.82, 2.24) is 0 Å². The van der Waals surface area contributed by atoms with Crippen LogP contribution in [0.2, 0.25) is 0 Å². The third-order valence-corrected chi connectivity index (χ3v) is 2.41. The zero-order valence-electron chi connectivity index (χ0n) is 12.1. The number of hydrogen-bond acceptors (Lipinski definition) is 5. The first kappa shape index (κ1) is 17.5. The number of rotatable bonds is 12. The van der Waals surface area contributed by atoms with Gasteiger partial charge in [-0.3, -0.25) is 0 Å². The molecule has 0 aliphatic rings. The van der Waals surface area contributed by atoms with E-state index in [0.717, 1.165) is 19.4 Å². The van der Waals surface area contributed by atoms with Crippen LogP contribution >= 0.6 is 0 Å². The number of ether oxygens (including phenoxy) is 3. The first-order valence-corrected chi connectivity index (χ1v) is 6.73. The van der Waals surface area contributed by atoms with Crippen molar-refractivity contribution in [3.05, 3.63) is 4.91 Å². The summed E-state index contributed by atoms with van der Waals surface area (Å²) in [4.78, 5) is 10.2. The Bertz CT molecular complexity index is 201. The highest BCUT2D eigenvalue weighted by Gasteiger charge is 2.09. The second-order valence-electron chi connectivity index (χ2n) is 4.67. The van der Waals surface area contributed by atoms with E-state index in [-0.39, 0.29) is 18.2 Å². The molecule has 0 heterocycles. The summed E-state index contributed by atoms with van der Waals surface area (Å²) in [5, 5.41) is 2.88. The lowest BCUT2D eigenvalue weighted by Crippen LogP contribution is -2.25. The maximum Gasteiger partial charge on any atom is 0.112 e. The van der Waals surface area contributed by atoms with E-state index in [1.165, 1.54) is 0 Å². The molecule has 0 aliphatic heterocycles. The lowest BCUT2D eigenvalue weighted by molar-refractivity contribution is -0.0585. The lowest BCUT2D eigenvalue weighted by atomic mass is 10.3. The fourth-order valence-corrected chi connectivity index (χ4v) is 1.23. The first-order valence-electron chi connectivity index (χ1n) is 6.73. The van der Waals surface area contributed by atoms with Crippen molar-refractivity contribution in [2.45, 2.75) is 58.8 Å². The summed E-state index contributed by atoms with van der Waals surface area (Å²) in [7, 11) is 0. The molecule has 5 heteroatoms. The maximum absolute atomic E-state index is 10.2. The summed E-state index contributed by atoms with van der Waals surface area (Å²) in [6.45, 7) is 10.0. The fourth-order valence-electron chi connectivity index (χ4n) is 1.23. The van der Waals surface area contributed by atoms with Crippen molar-refractivity contribution in [3.63, 3.8) is 0 Å². The van der Waals surface area contributed by atoms with Crippen molar-refractivity contribution in [1.29, 1.82) is 0 Å². The average molecular weight is 261 g/mol. The average Bonchev–Trinajstić information content (AvgIpc) is 2.38. The van der Waals surface area contributed by atoms with Gasteiger partial charge in [-0.15, -0.1) is 0 Å². The van der Waals surface area contributed by atoms with Crippen LogP contribution in [-0.4, -0.2) is 44.7 Å². The molecule has 0 radical (unpaired) electrons. The van der Waals surface area contributed by atoms with Crippen molar-refractivity contribution in [2.75, 3.05) is 26.4 Å². The van der Waals surface area contributed by atoms with Crippen LogP contribution in [0.3, 0.4) is 0 Å². The van der Waals surface area contributed by atoms with Gasteiger partial charge in [0.15, 0.2) is 0 Å². The van der Waals surface area contributed by atoms with E-state index in [9.17, 15) is 4.91 Å². The molecule has 5 nitrogen and oxygen atoms in total. The van der Waals surface area contributed by atoms with Crippen molar-refractivity contribution < 1.29 is 14.2 Å². The minimum atomic E-state index is -0.303. The van der Waals surface area contributed by atoms with Crippen molar-refractivity contribution in [3.8, 4) is 0 Å². The fraction of sp³-hybridized carbons (Fsp3) is 1.00. The van der Waals surface area contributed by atoms with E-state index in [0.29, 0.717) is 19.8 Å². The minimum Gasteiger partial charge on any atom is -0.379 e. The summed E-state index contributed by atoms with van der Waals surface area (Å²) in [5.74, 6) is 0. The van der Waals surface area contributed by atoms with Crippen LogP contribution in [0.4, 0.5) is 0 Å². The standard InChI is InChI=1S/C13H27NO4/c1-5-6-7-16-9-12(3)18-10-13(4)17-8-11(2)14-15/h11-13H,5-10H2,1-4H3. The molecule has 0 aromatic carbocycles. The molecular weight excluding hydrogens is 234 g/mol. The van der Waals surface area contributed by atoms with Gasteiger partial charge in [-0.25, -0.2) is 0 Å². The highest BCUT2D eigenvalue weighted by Crippen LogP contribution is 2.00. The van der Waals surface area contributed by atoms with E-state index >= 15 is 0 Å². The Hall–Kier alpha value is -0.520. The van der Waals surface area contributed by atoms with Gasteiger partial charge in [-0.05, 0) is 27.2 Å². The number of nitrogens with zero attached hydrogens (tertiary/aromatic N) is 1. The van der Waals surface area contributed by atoms with Gasteiger partial charge in [0.05, 0.1) is 32.0 Å². The van der Waals surface area contributed by atoms with Crippen LogP contribution in [0, 0.1) is 4.91 Å². The van der Waals surface area contributed by atoms with Crippen molar-refractivity contribution >= 4 is 0 Å². The number of unbranched alkanes of at least 4 members (excludes halogenated alkanes) is 1. The largest absolute Gasteiger partial charge is 0.379 e. The van der Waals surface area contributed by atoms with Gasteiger partial charge in [0, 0.05) is 6.61 Å². The van der Waals surface area contributed by atoms with Crippen LogP contribution in [-0.2, 0) is 14.2 Å². The minimum absolute atomic E-state index is 0.0349. The van der Waals surface area contributed by atoms with Crippen LogP contribution in [0.25, 0.3) is 0 Å². The Morgan fingerprint density at radius 1 is 1.00 bits per heavy atom. The smallest absolute Gasteiger partial charge is 0.112 e. The molecule has 18 heavy (non-hydrogen) atoms. The summed E-state index contributed by atoms with van der Waals surface area (Å²) in [6.07, 6.45) is 2.26. The molecule has 0 amide bonds. The van der Waals surface area contributed by atoms with E-state index in [4.69, 9.17) is 14.2 Å². The second kappa shape index (κ2) is 11.6. The molecule has 0 fully saturated rings. The highest BCUT2D eigenvalue weighted by atomic mass is 16.6. The third kappa shape index (κ3) is 10.6. The molecule has 0 aromatic rings. The molecule has 0 saturated carbocycles. The summed E-state index contributed by atoms with van der Waals surface area (Å²) in [5.41, 5.74) is 0. The predicted octanol–water partition coefficient (Wildman–Crippen LogP) is 2.77. The molecule has 0 saturated heterocycles. The molecule has 3 atom stereocenters. The van der Waals surface area contributed by atoms with E-state index < -0.39 is 0 Å². The Morgan fingerprint density at radius 3 is 2.22 bits per heavy atom. The molecule has 3 unspecified atom stereocenters. The van der Waals surface area contributed by atoms with E-state index in [2.05, 4.69) is 12.1 Å². The zero-order chi connectivity index (χ0) is 13.8. The van der Waals surface area contributed by atoms with Crippen LogP contribution in [0.5, 0.6) is 0 Å². The summed E-state index contributed by atoms with van der Waals surface area (Å²) >= 11 is 0. The molecule has 0 bridgehead atoms. The normalized spacial score (nSPS) is 16.2. The van der Waals surface area contributed by atoms with Gasteiger partial charge in [-0.1, -0.05) is 18.5 Å². The van der Waals surface area contributed by atoms with Gasteiger partial charge in [0.1, 0.15) is 6.04 Å². The Balaban J connectivity index is 3.46. The monoisotopic (exact) mass is 261 g/mol. The highest BCUT2D eigenvalue weighted by molar-refractivity contribution is 4.58. The molecule has 0 rings (SSSR count). The van der Waals surface area contributed by atoms with Crippen LogP contribution in [0.15, 0.2) is 5.18 Å². The Kier molecular flexibility index (Phi) is 11.2. The van der Waals surface area contributed by atoms with Crippen LogP contribution < -0.4 is 0 Å². The quantitative estimate of drug-likeness (QED) is 0.400. The predicted molar refractivity (Wildman–Crippen MR) is 71.8 cm³/mol. The summed E-state index contributed by atoms with van der Waals surface area (Å²) in [6, 6.07) is -0.303. The van der Waals surface area contributed by atoms with Gasteiger partial charge in [-0.2, -0.15) is 4.91 Å². The number of hydrogen-bond donors (Lipinski definition) is 0. The maximum atomic E-state index is 10.2. The molecule has 0 aliphatic carbocycles. The Morgan fingerprint density at radius 2 is 1.61 bits per heavy atom. The van der Waals surface area contributed by atoms with Gasteiger partial charge < -0.3 is 14.2 Å². The topological polar surface area (TPSA) is 57.1 Å². The van der Waals surface area contributed by atoms with E-state index in [1.54, 1.807) is 6.92 Å². The molecular formula is C13H27NO4. The molecule has 0 spiro atoms. The van der Waals surface area contributed by atoms with Gasteiger partial charge in [0.25, 0.3) is 0 Å². The number of nitroso groups, excluding NO2 is 1. The second-order valence-corrected chi connectivity index (χ2v) is 4.67. The molecule has 0 N–H and O–H groups in total. The SMILES string of the molecule is CCCCOCC(C)OCC(C)OCC(C)N=O. The lowest BCUT2D eigenvalue weighted by Gasteiger charge is -2.18. The van der Waals surface area contributed by atoms with Crippen LogP contribution in [0.1, 0.15) is 40.5 Å². The molecule has 108 valence electrons. The molecule has 0 aromatic heterocycles. The zero-order valence-corrected chi connectivity index (χ0v) is 12.1. The van der Waals surface area contributed by atoms with E-state index in [1.807, 2.05) is 13.8 Å².